The Bertz CT molecular complexity index is 228. The molecule has 0 aromatic rings. The van der Waals surface area contributed by atoms with E-state index >= 15 is 0 Å². The summed E-state index contributed by atoms with van der Waals surface area (Å²) in [5.41, 5.74) is 0. The Morgan fingerprint density at radius 3 is 3.00 bits per heavy atom. The lowest BCUT2D eigenvalue weighted by Crippen LogP contribution is -2.53. The minimum absolute atomic E-state index is 0.0456. The average molecular weight is 198 g/mol. The highest BCUT2D eigenvalue weighted by Crippen LogP contribution is 2.05. The number of carbonyl (C=O) groups excluding carboxylic acids is 2. The number of rotatable bonds is 4. The largest absolute Gasteiger partial charge is 0.353 e. The Labute approximate surface area is 84.7 Å². The highest BCUT2D eigenvalue weighted by atomic mass is 16.2. The molecule has 0 bridgehead atoms. The van der Waals surface area contributed by atoms with Crippen molar-refractivity contribution < 1.29 is 9.59 Å². The van der Waals surface area contributed by atoms with Crippen molar-refractivity contribution in [3.63, 3.8) is 0 Å². The quantitative estimate of drug-likeness (QED) is 0.701. The zero-order valence-electron chi connectivity index (χ0n) is 8.88. The van der Waals surface area contributed by atoms with Crippen LogP contribution in [-0.2, 0) is 9.59 Å². The molecule has 14 heavy (non-hydrogen) atoms. The summed E-state index contributed by atoms with van der Waals surface area (Å²) in [5.74, 6) is 0.318. The Hall–Kier alpha value is -0.900. The van der Waals surface area contributed by atoms with Gasteiger partial charge in [-0.3, -0.25) is 9.69 Å². The van der Waals surface area contributed by atoms with E-state index in [1.54, 1.807) is 6.92 Å². The summed E-state index contributed by atoms with van der Waals surface area (Å²) in [4.78, 5) is 24.1. The Balaban J connectivity index is 2.29. The average Bonchev–Trinajstić information content (AvgIpc) is 2.12. The fraction of sp³-hybridized carbons (Fsp3) is 0.800. The maximum atomic E-state index is 11.3. The number of piperazine rings is 1. The van der Waals surface area contributed by atoms with Crippen LogP contribution in [0.4, 0.5) is 0 Å². The van der Waals surface area contributed by atoms with E-state index in [1.807, 2.05) is 6.92 Å². The zero-order valence-corrected chi connectivity index (χ0v) is 8.88. The third kappa shape index (κ3) is 3.10. The summed E-state index contributed by atoms with van der Waals surface area (Å²) in [6.07, 6.45) is 1.47. The van der Waals surface area contributed by atoms with Crippen molar-refractivity contribution in [3.05, 3.63) is 0 Å². The second kappa shape index (κ2) is 5.10. The summed E-state index contributed by atoms with van der Waals surface area (Å²) >= 11 is 0. The van der Waals surface area contributed by atoms with Gasteiger partial charge in [0.2, 0.25) is 5.91 Å². The van der Waals surface area contributed by atoms with Crippen LogP contribution in [0, 0.1) is 0 Å². The number of nitrogens with zero attached hydrogens (tertiary/aromatic N) is 1. The van der Waals surface area contributed by atoms with Gasteiger partial charge in [-0.2, -0.15) is 0 Å². The molecule has 4 heteroatoms. The fourth-order valence-electron chi connectivity index (χ4n) is 1.67. The number of ketones is 1. The molecule has 0 aliphatic carbocycles. The first kappa shape index (κ1) is 11.2. The van der Waals surface area contributed by atoms with E-state index in [9.17, 15) is 9.59 Å². The molecular weight excluding hydrogens is 180 g/mol. The molecule has 1 unspecified atom stereocenters. The molecule has 1 saturated heterocycles. The summed E-state index contributed by atoms with van der Waals surface area (Å²) in [6, 6.07) is -0.0456. The first-order valence-electron chi connectivity index (χ1n) is 5.12. The molecule has 0 radical (unpaired) electrons. The first-order valence-corrected chi connectivity index (χ1v) is 5.12. The van der Waals surface area contributed by atoms with E-state index < -0.39 is 0 Å². The van der Waals surface area contributed by atoms with Crippen LogP contribution in [0.25, 0.3) is 0 Å². The highest BCUT2D eigenvalue weighted by Gasteiger charge is 2.24. The van der Waals surface area contributed by atoms with Gasteiger partial charge in [-0.25, -0.2) is 0 Å². The molecule has 1 rings (SSSR count). The highest BCUT2D eigenvalue weighted by molar-refractivity contribution is 5.82. The van der Waals surface area contributed by atoms with Crippen molar-refractivity contribution in [2.24, 2.45) is 0 Å². The van der Waals surface area contributed by atoms with E-state index in [0.29, 0.717) is 6.42 Å². The van der Waals surface area contributed by atoms with Gasteiger partial charge in [0.25, 0.3) is 0 Å². The van der Waals surface area contributed by atoms with Gasteiger partial charge < -0.3 is 10.1 Å². The van der Waals surface area contributed by atoms with Crippen molar-refractivity contribution in [1.82, 2.24) is 10.2 Å². The number of carbonyl (C=O) groups is 2. The van der Waals surface area contributed by atoms with Gasteiger partial charge >= 0.3 is 0 Å². The van der Waals surface area contributed by atoms with E-state index in [0.717, 1.165) is 26.1 Å². The number of Topliss-reactive ketones (excluding diaryl/α,β-unsaturated/α-hetero) is 1. The van der Waals surface area contributed by atoms with Crippen LogP contribution in [-0.4, -0.2) is 42.3 Å². The lowest BCUT2D eigenvalue weighted by Gasteiger charge is -2.32. The summed E-state index contributed by atoms with van der Waals surface area (Å²) in [6.45, 7) is 5.97. The molecule has 1 fully saturated rings. The van der Waals surface area contributed by atoms with Crippen LogP contribution in [0.2, 0.25) is 0 Å². The van der Waals surface area contributed by atoms with Crippen LogP contribution in [0.5, 0.6) is 0 Å². The number of nitrogens with one attached hydrogen (secondary N) is 1. The predicted octanol–water partition coefficient (Wildman–Crippen LogP) is 0.176. The molecule has 0 aromatic carbocycles. The molecule has 1 aliphatic heterocycles. The summed E-state index contributed by atoms with van der Waals surface area (Å²) in [7, 11) is 0. The van der Waals surface area contributed by atoms with E-state index in [1.165, 1.54) is 0 Å². The summed E-state index contributed by atoms with van der Waals surface area (Å²) in [5, 5.41) is 2.81. The number of hydrogen-bond acceptors (Lipinski definition) is 3. The molecule has 1 N–H and O–H groups in total. The van der Waals surface area contributed by atoms with Gasteiger partial charge in [-0.1, -0.05) is 0 Å². The lowest BCUT2D eigenvalue weighted by molar-refractivity contribution is -0.128. The molecule has 1 atom stereocenters. The molecule has 4 nitrogen and oxygen atoms in total. The molecule has 0 spiro atoms. The third-order valence-electron chi connectivity index (χ3n) is 2.60. The third-order valence-corrected chi connectivity index (χ3v) is 2.60. The van der Waals surface area contributed by atoms with Gasteiger partial charge in [0.1, 0.15) is 5.78 Å². The van der Waals surface area contributed by atoms with Gasteiger partial charge in [0.15, 0.2) is 0 Å². The monoisotopic (exact) mass is 198 g/mol. The topological polar surface area (TPSA) is 49.4 Å². The maximum Gasteiger partial charge on any atom is 0.237 e. The fourth-order valence-corrected chi connectivity index (χ4v) is 1.67. The molecule has 1 heterocycles. The van der Waals surface area contributed by atoms with Crippen molar-refractivity contribution in [1.29, 1.82) is 0 Å². The van der Waals surface area contributed by atoms with E-state index in [4.69, 9.17) is 0 Å². The Kier molecular flexibility index (Phi) is 4.07. The first-order chi connectivity index (χ1) is 6.61. The van der Waals surface area contributed by atoms with Crippen LogP contribution < -0.4 is 5.32 Å². The minimum Gasteiger partial charge on any atom is -0.353 e. The molecule has 1 amide bonds. The van der Waals surface area contributed by atoms with Gasteiger partial charge in [0, 0.05) is 19.5 Å². The number of amides is 1. The summed E-state index contributed by atoms with van der Waals surface area (Å²) < 4.78 is 0. The van der Waals surface area contributed by atoms with Gasteiger partial charge in [-0.05, 0) is 26.8 Å². The van der Waals surface area contributed by atoms with Crippen LogP contribution in [0.3, 0.4) is 0 Å². The standard InChI is InChI=1S/C10H18N2O2/c1-8(13)4-3-6-12-7-5-11-10(14)9(12)2/h9H,3-7H2,1-2H3,(H,11,14). The molecule has 80 valence electrons. The smallest absolute Gasteiger partial charge is 0.237 e. The van der Waals surface area contributed by atoms with E-state index in [-0.39, 0.29) is 17.7 Å². The van der Waals surface area contributed by atoms with Gasteiger partial charge in [0.05, 0.1) is 6.04 Å². The Morgan fingerprint density at radius 2 is 2.36 bits per heavy atom. The van der Waals surface area contributed by atoms with Crippen LogP contribution >= 0.6 is 0 Å². The van der Waals surface area contributed by atoms with Crippen molar-refractivity contribution in [2.45, 2.75) is 32.7 Å². The maximum absolute atomic E-state index is 11.3. The van der Waals surface area contributed by atoms with Crippen LogP contribution in [0.1, 0.15) is 26.7 Å². The number of hydrogen-bond donors (Lipinski definition) is 1. The molecule has 1 aliphatic rings. The lowest BCUT2D eigenvalue weighted by atomic mass is 10.1. The zero-order chi connectivity index (χ0) is 10.6. The second-order valence-electron chi connectivity index (χ2n) is 3.81. The molecule has 0 saturated carbocycles. The molecule has 0 aromatic heterocycles. The Morgan fingerprint density at radius 1 is 1.64 bits per heavy atom. The normalized spacial score (nSPS) is 23.3. The van der Waals surface area contributed by atoms with Crippen molar-refractivity contribution in [2.75, 3.05) is 19.6 Å². The minimum atomic E-state index is -0.0456. The van der Waals surface area contributed by atoms with Crippen molar-refractivity contribution >= 4 is 11.7 Å². The molecular formula is C10H18N2O2. The predicted molar refractivity (Wildman–Crippen MR) is 54.0 cm³/mol. The SMILES string of the molecule is CC(=O)CCCN1CCNC(=O)C1C. The second-order valence-corrected chi connectivity index (χ2v) is 3.81. The van der Waals surface area contributed by atoms with Crippen LogP contribution in [0.15, 0.2) is 0 Å². The van der Waals surface area contributed by atoms with E-state index in [2.05, 4.69) is 10.2 Å². The van der Waals surface area contributed by atoms with Gasteiger partial charge in [-0.15, -0.1) is 0 Å². The van der Waals surface area contributed by atoms with Crippen molar-refractivity contribution in [3.8, 4) is 0 Å².